The third kappa shape index (κ3) is 4.74. The van der Waals surface area contributed by atoms with Crippen LogP contribution in [0.5, 0.6) is 5.75 Å². The fraction of sp³-hybridized carbons (Fsp3) is 0.444. The Morgan fingerprint density at radius 2 is 2.00 bits per heavy atom. The zero-order valence-electron chi connectivity index (χ0n) is 13.6. The van der Waals surface area contributed by atoms with Gasteiger partial charge in [-0.3, -0.25) is 4.90 Å². The zero-order valence-corrected chi connectivity index (χ0v) is 13.6. The second-order valence-electron chi connectivity index (χ2n) is 5.74. The molecule has 1 aromatic rings. The van der Waals surface area contributed by atoms with E-state index in [2.05, 4.69) is 11.0 Å². The SMILES string of the molecule is CN1C=C(/C=C/c2ccccc2OCCN2CCOCC2)OC1. The number of nitrogens with zero attached hydrogens (tertiary/aromatic N) is 2. The summed E-state index contributed by atoms with van der Waals surface area (Å²) in [5.74, 6) is 1.78. The number of morpholine rings is 1. The topological polar surface area (TPSA) is 34.2 Å². The molecule has 0 unspecified atom stereocenters. The first-order valence-electron chi connectivity index (χ1n) is 8.06. The second kappa shape index (κ2) is 8.04. The molecule has 2 aliphatic heterocycles. The van der Waals surface area contributed by atoms with Crippen LogP contribution in [-0.2, 0) is 9.47 Å². The highest BCUT2D eigenvalue weighted by Crippen LogP contribution is 2.21. The third-order valence-electron chi connectivity index (χ3n) is 3.90. The number of allylic oxidation sites excluding steroid dienone is 1. The summed E-state index contributed by atoms with van der Waals surface area (Å²) in [7, 11) is 1.99. The summed E-state index contributed by atoms with van der Waals surface area (Å²) in [6, 6.07) is 8.08. The summed E-state index contributed by atoms with van der Waals surface area (Å²) >= 11 is 0. The number of rotatable bonds is 6. The van der Waals surface area contributed by atoms with Crippen LogP contribution in [0.4, 0.5) is 0 Å². The number of para-hydroxylation sites is 1. The lowest BCUT2D eigenvalue weighted by atomic mass is 10.2. The average molecular weight is 316 g/mol. The molecule has 3 rings (SSSR count). The number of benzene rings is 1. The molecule has 0 spiro atoms. The Morgan fingerprint density at radius 3 is 2.78 bits per heavy atom. The molecular formula is C18H24N2O3. The van der Waals surface area contributed by atoms with E-state index in [0.29, 0.717) is 13.3 Å². The van der Waals surface area contributed by atoms with Gasteiger partial charge < -0.3 is 19.1 Å². The molecule has 5 heteroatoms. The Labute approximate surface area is 137 Å². The van der Waals surface area contributed by atoms with Gasteiger partial charge in [-0.25, -0.2) is 0 Å². The van der Waals surface area contributed by atoms with Crippen molar-refractivity contribution in [3.05, 3.63) is 47.9 Å². The molecule has 0 saturated carbocycles. The maximum Gasteiger partial charge on any atom is 0.161 e. The summed E-state index contributed by atoms with van der Waals surface area (Å²) in [6.45, 7) is 5.85. The van der Waals surface area contributed by atoms with Crippen molar-refractivity contribution < 1.29 is 14.2 Å². The van der Waals surface area contributed by atoms with E-state index in [1.165, 1.54) is 0 Å². The molecule has 5 nitrogen and oxygen atoms in total. The van der Waals surface area contributed by atoms with Gasteiger partial charge >= 0.3 is 0 Å². The zero-order chi connectivity index (χ0) is 15.9. The van der Waals surface area contributed by atoms with E-state index in [1.54, 1.807) is 0 Å². The minimum atomic E-state index is 0.609. The minimum absolute atomic E-state index is 0.609. The predicted octanol–water partition coefficient (Wildman–Crippen LogP) is 2.17. The molecule has 2 aliphatic rings. The maximum absolute atomic E-state index is 5.97. The van der Waals surface area contributed by atoms with Crippen molar-refractivity contribution in [1.29, 1.82) is 0 Å². The number of ether oxygens (including phenoxy) is 3. The van der Waals surface area contributed by atoms with E-state index in [0.717, 1.165) is 49.9 Å². The molecule has 124 valence electrons. The van der Waals surface area contributed by atoms with Crippen molar-refractivity contribution in [2.24, 2.45) is 0 Å². The lowest BCUT2D eigenvalue weighted by Crippen LogP contribution is -2.38. The monoisotopic (exact) mass is 316 g/mol. The molecule has 0 aliphatic carbocycles. The summed E-state index contributed by atoms with van der Waals surface area (Å²) in [6.07, 6.45) is 6.00. The third-order valence-corrected chi connectivity index (χ3v) is 3.90. The second-order valence-corrected chi connectivity index (χ2v) is 5.74. The highest BCUT2D eigenvalue weighted by Gasteiger charge is 2.10. The molecule has 0 atom stereocenters. The average Bonchev–Trinajstić information content (AvgIpc) is 3.00. The molecule has 0 N–H and O–H groups in total. The first-order valence-corrected chi connectivity index (χ1v) is 8.06. The predicted molar refractivity (Wildman–Crippen MR) is 90.0 cm³/mol. The molecular weight excluding hydrogens is 292 g/mol. The summed E-state index contributed by atoms with van der Waals surface area (Å²) < 4.78 is 16.9. The van der Waals surface area contributed by atoms with Crippen LogP contribution in [0.1, 0.15) is 5.56 Å². The Hall–Kier alpha value is -1.98. The van der Waals surface area contributed by atoms with Gasteiger partial charge in [0.2, 0.25) is 0 Å². The van der Waals surface area contributed by atoms with Gasteiger partial charge in [0.05, 0.1) is 13.2 Å². The summed E-state index contributed by atoms with van der Waals surface area (Å²) in [5, 5.41) is 0. The fourth-order valence-corrected chi connectivity index (χ4v) is 2.59. The van der Waals surface area contributed by atoms with Crippen molar-refractivity contribution in [1.82, 2.24) is 9.80 Å². The molecule has 0 aromatic heterocycles. The van der Waals surface area contributed by atoms with Crippen molar-refractivity contribution in [3.8, 4) is 5.75 Å². The smallest absolute Gasteiger partial charge is 0.161 e. The van der Waals surface area contributed by atoms with E-state index in [-0.39, 0.29) is 0 Å². The Kier molecular flexibility index (Phi) is 5.56. The van der Waals surface area contributed by atoms with E-state index in [1.807, 2.05) is 48.5 Å². The van der Waals surface area contributed by atoms with Crippen LogP contribution in [0, 0.1) is 0 Å². The normalized spacial score (nSPS) is 19.0. The lowest BCUT2D eigenvalue weighted by Gasteiger charge is -2.26. The van der Waals surface area contributed by atoms with Crippen LogP contribution in [0.2, 0.25) is 0 Å². The molecule has 0 bridgehead atoms. The summed E-state index contributed by atoms with van der Waals surface area (Å²) in [4.78, 5) is 4.37. The van der Waals surface area contributed by atoms with Crippen LogP contribution in [0.15, 0.2) is 42.3 Å². The highest BCUT2D eigenvalue weighted by atomic mass is 16.5. The van der Waals surface area contributed by atoms with Gasteiger partial charge in [0.25, 0.3) is 0 Å². The largest absolute Gasteiger partial charge is 0.492 e. The van der Waals surface area contributed by atoms with Crippen molar-refractivity contribution in [2.45, 2.75) is 0 Å². The molecule has 23 heavy (non-hydrogen) atoms. The molecule has 1 fully saturated rings. The lowest BCUT2D eigenvalue weighted by molar-refractivity contribution is 0.0322. The number of hydrogen-bond donors (Lipinski definition) is 0. The van der Waals surface area contributed by atoms with Gasteiger partial charge in [-0.05, 0) is 18.2 Å². The molecule has 0 amide bonds. The van der Waals surface area contributed by atoms with Crippen molar-refractivity contribution in [3.63, 3.8) is 0 Å². The quantitative estimate of drug-likeness (QED) is 0.803. The van der Waals surface area contributed by atoms with Gasteiger partial charge in [0.15, 0.2) is 6.73 Å². The Bertz CT molecular complexity index is 565. The van der Waals surface area contributed by atoms with E-state index in [4.69, 9.17) is 14.2 Å². The van der Waals surface area contributed by atoms with E-state index in [9.17, 15) is 0 Å². The first-order chi connectivity index (χ1) is 11.3. The van der Waals surface area contributed by atoms with Gasteiger partial charge in [-0.1, -0.05) is 18.2 Å². The van der Waals surface area contributed by atoms with Crippen LogP contribution in [-0.4, -0.2) is 63.0 Å². The molecule has 2 heterocycles. The number of hydrogen-bond acceptors (Lipinski definition) is 5. The highest BCUT2D eigenvalue weighted by molar-refractivity contribution is 5.59. The fourth-order valence-electron chi connectivity index (χ4n) is 2.59. The van der Waals surface area contributed by atoms with E-state index >= 15 is 0 Å². The van der Waals surface area contributed by atoms with Gasteiger partial charge in [0, 0.05) is 38.4 Å². The molecule has 0 radical (unpaired) electrons. The van der Waals surface area contributed by atoms with Gasteiger partial charge in [-0.2, -0.15) is 0 Å². The Balaban J connectivity index is 1.55. The standard InChI is InChI=1S/C18H24N2O3/c1-19-14-17(23-15-19)7-6-16-4-2-3-5-18(16)22-13-10-20-8-11-21-12-9-20/h2-7,14H,8-13,15H2,1H3/b7-6+. The van der Waals surface area contributed by atoms with Crippen molar-refractivity contribution in [2.75, 3.05) is 53.2 Å². The maximum atomic E-state index is 5.97. The molecule has 1 aromatic carbocycles. The van der Waals surface area contributed by atoms with Crippen LogP contribution < -0.4 is 4.74 Å². The van der Waals surface area contributed by atoms with Gasteiger partial charge in [-0.15, -0.1) is 0 Å². The Morgan fingerprint density at radius 1 is 1.17 bits per heavy atom. The minimum Gasteiger partial charge on any atom is -0.492 e. The van der Waals surface area contributed by atoms with E-state index < -0.39 is 0 Å². The molecule has 1 saturated heterocycles. The summed E-state index contributed by atoms with van der Waals surface area (Å²) in [5.41, 5.74) is 1.06. The first kappa shape index (κ1) is 15.9. The van der Waals surface area contributed by atoms with Gasteiger partial charge in [0.1, 0.15) is 18.1 Å². The van der Waals surface area contributed by atoms with Crippen LogP contribution in [0.3, 0.4) is 0 Å². The van der Waals surface area contributed by atoms with Crippen LogP contribution in [0.25, 0.3) is 6.08 Å². The van der Waals surface area contributed by atoms with Crippen molar-refractivity contribution >= 4 is 6.08 Å². The van der Waals surface area contributed by atoms with Crippen LogP contribution >= 0.6 is 0 Å².